The van der Waals surface area contributed by atoms with Gasteiger partial charge in [0, 0.05) is 17.3 Å². The predicted molar refractivity (Wildman–Crippen MR) is 67.2 cm³/mol. The summed E-state index contributed by atoms with van der Waals surface area (Å²) in [4.78, 5) is 25.5. The standard InChI is InChI=1S/C12H11N3O3/c1-8-6-11(17)15(12(18)14-8)13-7-9-4-2-3-5-10(9)16/h2-7,16H,1H3,(H,14,18)/b13-7+. The number of aromatic hydroxyl groups is 1. The molecule has 0 bridgehead atoms. The van der Waals surface area contributed by atoms with E-state index in [4.69, 9.17) is 0 Å². The lowest BCUT2D eigenvalue weighted by molar-refractivity contribution is 0.474. The third-order valence-electron chi connectivity index (χ3n) is 2.29. The van der Waals surface area contributed by atoms with E-state index in [1.165, 1.54) is 18.3 Å². The van der Waals surface area contributed by atoms with Gasteiger partial charge in [0.25, 0.3) is 5.56 Å². The Morgan fingerprint density at radius 2 is 2.06 bits per heavy atom. The molecule has 6 heteroatoms. The molecule has 18 heavy (non-hydrogen) atoms. The normalized spacial score (nSPS) is 10.9. The molecule has 1 aromatic carbocycles. The number of phenolic OH excluding ortho intramolecular Hbond substituents is 1. The lowest BCUT2D eigenvalue weighted by Gasteiger charge is -1.99. The highest BCUT2D eigenvalue weighted by Crippen LogP contribution is 2.12. The second-order valence-electron chi connectivity index (χ2n) is 3.71. The smallest absolute Gasteiger partial charge is 0.349 e. The van der Waals surface area contributed by atoms with Crippen molar-refractivity contribution in [2.24, 2.45) is 5.10 Å². The second kappa shape index (κ2) is 4.70. The van der Waals surface area contributed by atoms with Gasteiger partial charge in [-0.2, -0.15) is 5.10 Å². The van der Waals surface area contributed by atoms with Crippen molar-refractivity contribution in [3.05, 3.63) is 62.4 Å². The fourth-order valence-electron chi connectivity index (χ4n) is 1.43. The average Bonchev–Trinajstić information content (AvgIpc) is 2.30. The Balaban J connectivity index is 2.45. The molecule has 92 valence electrons. The third kappa shape index (κ3) is 2.37. The van der Waals surface area contributed by atoms with E-state index in [0.717, 1.165) is 0 Å². The third-order valence-corrected chi connectivity index (χ3v) is 2.29. The number of nitrogens with one attached hydrogen (secondary N) is 1. The quantitative estimate of drug-likeness (QED) is 0.752. The Hall–Kier alpha value is -2.63. The number of nitrogens with zero attached hydrogens (tertiary/aromatic N) is 2. The number of hydrogen-bond acceptors (Lipinski definition) is 4. The van der Waals surface area contributed by atoms with Crippen LogP contribution < -0.4 is 11.2 Å². The Morgan fingerprint density at radius 1 is 1.33 bits per heavy atom. The molecule has 2 rings (SSSR count). The SMILES string of the molecule is Cc1cc(=O)n(/N=C/c2ccccc2O)c(=O)[nH]1. The molecule has 0 atom stereocenters. The van der Waals surface area contributed by atoms with E-state index in [1.807, 2.05) is 0 Å². The van der Waals surface area contributed by atoms with Gasteiger partial charge in [0.2, 0.25) is 0 Å². The van der Waals surface area contributed by atoms with E-state index in [9.17, 15) is 14.7 Å². The zero-order chi connectivity index (χ0) is 13.1. The van der Waals surface area contributed by atoms with Gasteiger partial charge in [-0.05, 0) is 19.1 Å². The van der Waals surface area contributed by atoms with Crippen LogP contribution in [0.2, 0.25) is 0 Å². The highest BCUT2D eigenvalue weighted by atomic mass is 16.3. The van der Waals surface area contributed by atoms with Crippen molar-refractivity contribution in [2.45, 2.75) is 6.92 Å². The number of para-hydroxylation sites is 1. The number of H-pyrrole nitrogens is 1. The Labute approximate surface area is 102 Å². The molecular formula is C12H11N3O3. The second-order valence-corrected chi connectivity index (χ2v) is 3.71. The van der Waals surface area contributed by atoms with E-state index < -0.39 is 11.2 Å². The molecule has 1 aromatic heterocycles. The largest absolute Gasteiger partial charge is 0.507 e. The van der Waals surface area contributed by atoms with E-state index in [2.05, 4.69) is 10.1 Å². The topological polar surface area (TPSA) is 87.4 Å². The van der Waals surface area contributed by atoms with Crippen molar-refractivity contribution < 1.29 is 5.11 Å². The first kappa shape index (κ1) is 11.8. The summed E-state index contributed by atoms with van der Waals surface area (Å²) in [6.45, 7) is 1.61. The van der Waals surface area contributed by atoms with Crippen LogP contribution in [0.25, 0.3) is 0 Å². The summed E-state index contributed by atoms with van der Waals surface area (Å²) in [5.74, 6) is 0.0258. The van der Waals surface area contributed by atoms with Crippen LogP contribution in [0, 0.1) is 6.92 Å². The molecule has 0 saturated carbocycles. The maximum absolute atomic E-state index is 11.5. The molecule has 0 radical (unpaired) electrons. The highest BCUT2D eigenvalue weighted by molar-refractivity contribution is 5.83. The summed E-state index contributed by atoms with van der Waals surface area (Å²) in [5, 5.41) is 13.3. The number of aromatic nitrogens is 2. The predicted octanol–water partition coefficient (Wildman–Crippen LogP) is 0.433. The maximum Gasteiger partial charge on any atom is 0.349 e. The lowest BCUT2D eigenvalue weighted by atomic mass is 10.2. The van der Waals surface area contributed by atoms with Gasteiger partial charge in [0.05, 0.1) is 6.21 Å². The first-order chi connectivity index (χ1) is 8.58. The van der Waals surface area contributed by atoms with Gasteiger partial charge < -0.3 is 10.1 Å². The summed E-state index contributed by atoms with van der Waals surface area (Å²) in [5.41, 5.74) is -0.252. The van der Waals surface area contributed by atoms with E-state index >= 15 is 0 Å². The molecule has 0 amide bonds. The van der Waals surface area contributed by atoms with E-state index in [1.54, 1.807) is 25.1 Å². The average molecular weight is 245 g/mol. The first-order valence-corrected chi connectivity index (χ1v) is 5.23. The number of benzene rings is 1. The van der Waals surface area contributed by atoms with Gasteiger partial charge in [0.1, 0.15) is 5.75 Å². The van der Waals surface area contributed by atoms with Gasteiger partial charge in [-0.3, -0.25) is 4.79 Å². The summed E-state index contributed by atoms with van der Waals surface area (Å²) >= 11 is 0. The molecule has 2 N–H and O–H groups in total. The van der Waals surface area contributed by atoms with Crippen LogP contribution in [0.5, 0.6) is 5.75 Å². The fourth-order valence-corrected chi connectivity index (χ4v) is 1.43. The van der Waals surface area contributed by atoms with Crippen molar-refractivity contribution in [3.63, 3.8) is 0 Å². The summed E-state index contributed by atoms with van der Waals surface area (Å²) < 4.78 is 0.694. The van der Waals surface area contributed by atoms with Crippen LogP contribution >= 0.6 is 0 Å². The summed E-state index contributed by atoms with van der Waals surface area (Å²) in [7, 11) is 0. The van der Waals surface area contributed by atoms with Crippen molar-refractivity contribution in [1.82, 2.24) is 9.66 Å². The molecule has 0 fully saturated rings. The van der Waals surface area contributed by atoms with Gasteiger partial charge in [-0.15, -0.1) is 4.68 Å². The number of rotatable bonds is 2. The van der Waals surface area contributed by atoms with Crippen LogP contribution in [-0.4, -0.2) is 21.0 Å². The number of aromatic amines is 1. The first-order valence-electron chi connectivity index (χ1n) is 5.23. The van der Waals surface area contributed by atoms with Crippen LogP contribution in [0.15, 0.2) is 45.0 Å². The molecule has 0 aliphatic carbocycles. The minimum absolute atomic E-state index is 0.0258. The number of phenols is 1. The molecule has 0 aliphatic heterocycles. The highest BCUT2D eigenvalue weighted by Gasteiger charge is 2.00. The van der Waals surface area contributed by atoms with Crippen LogP contribution in [-0.2, 0) is 0 Å². The van der Waals surface area contributed by atoms with Crippen molar-refractivity contribution in [2.75, 3.05) is 0 Å². The monoisotopic (exact) mass is 245 g/mol. The molecule has 6 nitrogen and oxygen atoms in total. The Morgan fingerprint density at radius 3 is 2.72 bits per heavy atom. The van der Waals surface area contributed by atoms with Crippen LogP contribution in [0.1, 0.15) is 11.3 Å². The Kier molecular flexibility index (Phi) is 3.09. The van der Waals surface area contributed by atoms with E-state index in [-0.39, 0.29) is 5.75 Å². The zero-order valence-corrected chi connectivity index (χ0v) is 9.62. The Bertz CT molecular complexity index is 682. The molecule has 0 unspecified atom stereocenters. The maximum atomic E-state index is 11.5. The summed E-state index contributed by atoms with van der Waals surface area (Å²) in [6.07, 6.45) is 1.25. The van der Waals surface area contributed by atoms with Crippen LogP contribution in [0.3, 0.4) is 0 Å². The van der Waals surface area contributed by atoms with Crippen molar-refractivity contribution in [1.29, 1.82) is 0 Å². The zero-order valence-electron chi connectivity index (χ0n) is 9.62. The summed E-state index contributed by atoms with van der Waals surface area (Å²) in [6, 6.07) is 7.75. The van der Waals surface area contributed by atoms with Gasteiger partial charge in [-0.1, -0.05) is 12.1 Å². The molecule has 2 aromatic rings. The van der Waals surface area contributed by atoms with Gasteiger partial charge in [-0.25, -0.2) is 4.79 Å². The number of hydrogen-bond donors (Lipinski definition) is 2. The minimum Gasteiger partial charge on any atom is -0.507 e. The lowest BCUT2D eigenvalue weighted by Crippen LogP contribution is -2.32. The van der Waals surface area contributed by atoms with E-state index in [0.29, 0.717) is 15.9 Å². The molecule has 0 aliphatic rings. The van der Waals surface area contributed by atoms with Crippen molar-refractivity contribution in [3.8, 4) is 5.75 Å². The molecule has 1 heterocycles. The number of aryl methyl sites for hydroxylation is 1. The van der Waals surface area contributed by atoms with Gasteiger partial charge in [0.15, 0.2) is 0 Å². The van der Waals surface area contributed by atoms with Crippen LogP contribution in [0.4, 0.5) is 0 Å². The fraction of sp³-hybridized carbons (Fsp3) is 0.0833. The molecule has 0 spiro atoms. The van der Waals surface area contributed by atoms with Crippen molar-refractivity contribution >= 4 is 6.21 Å². The minimum atomic E-state index is -0.619. The van der Waals surface area contributed by atoms with Gasteiger partial charge >= 0.3 is 5.69 Å². The molecule has 0 saturated heterocycles. The molecular weight excluding hydrogens is 234 g/mol.